The zero-order chi connectivity index (χ0) is 33.4. The summed E-state index contributed by atoms with van der Waals surface area (Å²) < 4.78 is 42.8. The van der Waals surface area contributed by atoms with Crippen molar-refractivity contribution in [2.75, 3.05) is 0 Å². The zero-order valence-corrected chi connectivity index (χ0v) is 23.8. The zero-order valence-electron chi connectivity index (χ0n) is 28.8. The van der Waals surface area contributed by atoms with E-state index in [0.29, 0.717) is 5.56 Å². The third-order valence-corrected chi connectivity index (χ3v) is 8.91. The van der Waals surface area contributed by atoms with Crippen molar-refractivity contribution in [3.05, 3.63) is 170 Å². The molecule has 9 rings (SSSR count). The summed E-state index contributed by atoms with van der Waals surface area (Å²) in [7, 11) is 0. The molecule has 44 heavy (non-hydrogen) atoms. The van der Waals surface area contributed by atoms with Crippen molar-refractivity contribution < 1.29 is 6.85 Å². The van der Waals surface area contributed by atoms with Crippen LogP contribution in [-0.4, -0.2) is 0 Å². The summed E-state index contributed by atoms with van der Waals surface area (Å²) in [5.41, 5.74) is 5.21. The molecule has 0 fully saturated rings. The monoisotopic (exact) mass is 561 g/mol. The van der Waals surface area contributed by atoms with Crippen LogP contribution in [-0.2, 0) is 0 Å². The largest absolute Gasteiger partial charge is 0.0629 e. The van der Waals surface area contributed by atoms with E-state index in [1.165, 1.54) is 32.3 Å². The van der Waals surface area contributed by atoms with Crippen molar-refractivity contribution in [1.82, 2.24) is 0 Å². The van der Waals surface area contributed by atoms with Crippen LogP contribution in [0.15, 0.2) is 170 Å². The summed E-state index contributed by atoms with van der Waals surface area (Å²) in [4.78, 5) is 0. The van der Waals surface area contributed by atoms with Gasteiger partial charge in [0.15, 0.2) is 0 Å². The van der Waals surface area contributed by atoms with Crippen LogP contribution in [0, 0.1) is 0 Å². The highest BCUT2D eigenvalue weighted by molar-refractivity contribution is 6.23. The molecule has 0 saturated heterocycles. The van der Waals surface area contributed by atoms with Crippen LogP contribution in [0.1, 0.15) is 6.85 Å². The van der Waals surface area contributed by atoms with Gasteiger partial charge >= 0.3 is 0 Å². The minimum Gasteiger partial charge on any atom is -0.0622 e. The second-order valence-corrected chi connectivity index (χ2v) is 11.3. The normalized spacial score (nSPS) is 13.2. The standard InChI is InChI=1S/C44H28/c1-2-14-30(15-3-1)43-37-21-8-10-23-39(37)44(40-24-11-9-22-38(40)43)32-17-12-16-31(27-32)41-28-42-33-18-5-4-13-29(33)25-26-36(42)34-19-6-7-20-35(34)41/h1-28H/i1D,2D,3D,14D,15D. The molecule has 0 aromatic heterocycles. The first-order chi connectivity index (χ1) is 23.9. The summed E-state index contributed by atoms with van der Waals surface area (Å²) in [6.45, 7) is 0. The van der Waals surface area contributed by atoms with Gasteiger partial charge in [-0.25, -0.2) is 0 Å². The van der Waals surface area contributed by atoms with Gasteiger partial charge in [-0.3, -0.25) is 0 Å². The van der Waals surface area contributed by atoms with Crippen molar-refractivity contribution in [2.45, 2.75) is 0 Å². The van der Waals surface area contributed by atoms with Gasteiger partial charge in [0.05, 0.1) is 6.85 Å². The molecular weight excluding hydrogens is 528 g/mol. The molecule has 204 valence electrons. The average Bonchev–Trinajstić information content (AvgIpc) is 3.15. The number of rotatable bonds is 3. The lowest BCUT2D eigenvalue weighted by Crippen LogP contribution is -1.91. The van der Waals surface area contributed by atoms with Crippen molar-refractivity contribution in [3.8, 4) is 33.4 Å². The molecule has 0 radical (unpaired) electrons. The minimum absolute atomic E-state index is 0.202. The van der Waals surface area contributed by atoms with Gasteiger partial charge in [0, 0.05) is 0 Å². The molecule has 0 unspecified atom stereocenters. The van der Waals surface area contributed by atoms with Gasteiger partial charge in [0.25, 0.3) is 0 Å². The molecule has 0 bridgehead atoms. The van der Waals surface area contributed by atoms with Gasteiger partial charge in [0.2, 0.25) is 0 Å². The molecule has 0 amide bonds. The molecule has 0 heterocycles. The predicted octanol–water partition coefficient (Wildman–Crippen LogP) is 12.5. The quantitative estimate of drug-likeness (QED) is 0.149. The summed E-state index contributed by atoms with van der Waals surface area (Å²) in [5, 5.41) is 10.9. The van der Waals surface area contributed by atoms with Crippen LogP contribution in [0.3, 0.4) is 0 Å². The van der Waals surface area contributed by atoms with Crippen LogP contribution in [0.4, 0.5) is 0 Å². The summed E-state index contributed by atoms with van der Waals surface area (Å²) >= 11 is 0. The van der Waals surface area contributed by atoms with Crippen LogP contribution in [0.2, 0.25) is 0 Å². The highest BCUT2D eigenvalue weighted by atomic mass is 14.2. The fourth-order valence-electron chi connectivity index (χ4n) is 7.03. The number of hydrogen-bond donors (Lipinski definition) is 0. The Kier molecular flexibility index (Phi) is 4.57. The van der Waals surface area contributed by atoms with E-state index in [2.05, 4.69) is 103 Å². The maximum Gasteiger partial charge on any atom is 0.0629 e. The van der Waals surface area contributed by atoms with Crippen molar-refractivity contribution in [2.24, 2.45) is 0 Å². The van der Waals surface area contributed by atoms with E-state index in [-0.39, 0.29) is 29.7 Å². The lowest BCUT2D eigenvalue weighted by molar-refractivity contribution is 1.64. The maximum absolute atomic E-state index is 8.87. The van der Waals surface area contributed by atoms with Crippen molar-refractivity contribution in [1.29, 1.82) is 0 Å². The Morgan fingerprint density at radius 3 is 1.52 bits per heavy atom. The molecule has 0 N–H and O–H groups in total. The molecule has 9 aromatic carbocycles. The van der Waals surface area contributed by atoms with Crippen LogP contribution in [0.5, 0.6) is 0 Å². The maximum atomic E-state index is 8.87. The third-order valence-electron chi connectivity index (χ3n) is 8.91. The Balaban J connectivity index is 1.35. The molecule has 0 nitrogen and oxygen atoms in total. The summed E-state index contributed by atoms with van der Waals surface area (Å²) in [6.07, 6.45) is 0. The van der Waals surface area contributed by atoms with E-state index >= 15 is 0 Å². The fraction of sp³-hybridized carbons (Fsp3) is 0. The van der Waals surface area contributed by atoms with Gasteiger partial charge in [-0.05, 0) is 99.4 Å². The van der Waals surface area contributed by atoms with Crippen molar-refractivity contribution in [3.63, 3.8) is 0 Å². The second kappa shape index (κ2) is 9.93. The second-order valence-electron chi connectivity index (χ2n) is 11.3. The minimum atomic E-state index is -0.394. The highest BCUT2D eigenvalue weighted by Crippen LogP contribution is 2.45. The number of benzene rings is 9. The summed E-state index contributed by atoms with van der Waals surface area (Å²) in [5.74, 6) is 0. The Hall–Kier alpha value is -5.72. The van der Waals surface area contributed by atoms with E-state index in [0.717, 1.165) is 43.8 Å². The lowest BCUT2D eigenvalue weighted by atomic mass is 9.85. The highest BCUT2D eigenvalue weighted by Gasteiger charge is 2.17. The smallest absolute Gasteiger partial charge is 0.0622 e. The van der Waals surface area contributed by atoms with Crippen LogP contribution >= 0.6 is 0 Å². The third kappa shape index (κ3) is 3.78. The first-order valence-corrected chi connectivity index (χ1v) is 14.9. The van der Waals surface area contributed by atoms with Crippen LogP contribution in [0.25, 0.3) is 87.2 Å². The molecule has 0 aliphatic carbocycles. The van der Waals surface area contributed by atoms with Gasteiger partial charge in [-0.2, -0.15) is 0 Å². The molecule has 0 atom stereocenters. The lowest BCUT2D eigenvalue weighted by Gasteiger charge is -2.18. The van der Waals surface area contributed by atoms with Gasteiger partial charge in [-0.1, -0.05) is 158 Å². The first-order valence-electron chi connectivity index (χ1n) is 17.4. The Labute approximate surface area is 263 Å². The molecule has 0 aliphatic heterocycles. The van der Waals surface area contributed by atoms with E-state index in [1.54, 1.807) is 0 Å². The van der Waals surface area contributed by atoms with E-state index in [1.807, 2.05) is 36.4 Å². The van der Waals surface area contributed by atoms with Gasteiger partial charge in [0.1, 0.15) is 0 Å². The molecule has 9 aromatic rings. The Morgan fingerprint density at radius 1 is 0.318 bits per heavy atom. The topological polar surface area (TPSA) is 0 Å². The molecule has 0 heteroatoms. The molecular formula is C44H28. The van der Waals surface area contributed by atoms with Gasteiger partial charge < -0.3 is 0 Å². The number of fused-ring (bicyclic) bond motifs is 7. The Morgan fingerprint density at radius 2 is 0.841 bits per heavy atom. The number of hydrogen-bond acceptors (Lipinski definition) is 0. The van der Waals surface area contributed by atoms with Crippen LogP contribution < -0.4 is 0 Å². The SMILES string of the molecule is [2H]c1c([2H])c([2H])c(-c2c3ccccc3c(-c3cccc(-c4cc5c6ccccc6ccc5c5ccccc45)c3)c3ccccc23)c([2H])c1[2H]. The predicted molar refractivity (Wildman–Crippen MR) is 190 cm³/mol. The van der Waals surface area contributed by atoms with Gasteiger partial charge in [-0.15, -0.1) is 0 Å². The van der Waals surface area contributed by atoms with E-state index in [9.17, 15) is 0 Å². The van der Waals surface area contributed by atoms with E-state index in [4.69, 9.17) is 6.85 Å². The molecule has 0 aliphatic rings. The van der Waals surface area contributed by atoms with E-state index < -0.39 is 6.04 Å². The molecule has 0 saturated carbocycles. The summed E-state index contributed by atoms with van der Waals surface area (Å²) in [6, 6.07) is 47.1. The Bertz CT molecular complexity index is 2750. The first kappa shape index (κ1) is 20.2. The average molecular weight is 562 g/mol. The van der Waals surface area contributed by atoms with Crippen molar-refractivity contribution >= 4 is 53.9 Å². The molecule has 0 spiro atoms. The fourth-order valence-corrected chi connectivity index (χ4v) is 7.03.